The molecule has 33 heavy (non-hydrogen) atoms. The standard InChI is InChI=1S/C24H20Cl2N2O4S/c1-31-20-10-2-16(3-11-20)14-15-27-23-24(33(29,30)21-12-8-19(26)9-13-21)28-22(32-23)17-4-6-18(25)7-5-17/h2-13,27H,14-15H2,1H3. The molecule has 0 saturated heterocycles. The lowest BCUT2D eigenvalue weighted by Crippen LogP contribution is -2.09. The number of nitrogens with zero attached hydrogens (tertiary/aromatic N) is 1. The van der Waals surface area contributed by atoms with Crippen molar-refractivity contribution in [3.05, 3.63) is 88.4 Å². The molecule has 0 amide bonds. The average molecular weight is 503 g/mol. The Morgan fingerprint density at radius 1 is 0.909 bits per heavy atom. The molecule has 0 bridgehead atoms. The van der Waals surface area contributed by atoms with E-state index in [4.69, 9.17) is 32.4 Å². The van der Waals surface area contributed by atoms with E-state index >= 15 is 0 Å². The van der Waals surface area contributed by atoms with Crippen molar-refractivity contribution in [2.24, 2.45) is 0 Å². The summed E-state index contributed by atoms with van der Waals surface area (Å²) in [4.78, 5) is 4.39. The summed E-state index contributed by atoms with van der Waals surface area (Å²) in [6, 6.07) is 20.4. The lowest BCUT2D eigenvalue weighted by molar-refractivity contribution is 0.414. The summed E-state index contributed by atoms with van der Waals surface area (Å²) in [5.74, 6) is 1.01. The summed E-state index contributed by atoms with van der Waals surface area (Å²) in [5, 5.41) is 3.89. The fraction of sp³-hybridized carbons (Fsp3) is 0.125. The number of sulfone groups is 1. The number of benzene rings is 3. The van der Waals surface area contributed by atoms with Crippen LogP contribution in [0.1, 0.15) is 5.56 Å². The molecule has 3 aromatic carbocycles. The maximum absolute atomic E-state index is 13.3. The number of oxazole rings is 1. The van der Waals surface area contributed by atoms with Gasteiger partial charge in [-0.3, -0.25) is 0 Å². The molecule has 4 rings (SSSR count). The molecular weight excluding hydrogens is 483 g/mol. The molecule has 4 aromatic rings. The van der Waals surface area contributed by atoms with E-state index in [2.05, 4.69) is 10.3 Å². The fourth-order valence-electron chi connectivity index (χ4n) is 3.15. The minimum absolute atomic E-state index is 0.0704. The van der Waals surface area contributed by atoms with Crippen LogP contribution in [-0.2, 0) is 16.3 Å². The van der Waals surface area contributed by atoms with Crippen LogP contribution in [-0.4, -0.2) is 27.1 Å². The van der Waals surface area contributed by atoms with Gasteiger partial charge in [-0.15, -0.1) is 0 Å². The van der Waals surface area contributed by atoms with Crippen molar-refractivity contribution in [3.8, 4) is 17.2 Å². The minimum atomic E-state index is -3.95. The highest BCUT2D eigenvalue weighted by Crippen LogP contribution is 2.33. The Hall–Kier alpha value is -3.00. The van der Waals surface area contributed by atoms with Crippen LogP contribution in [0.5, 0.6) is 5.75 Å². The highest BCUT2D eigenvalue weighted by atomic mass is 35.5. The molecule has 0 aliphatic rings. The fourth-order valence-corrected chi connectivity index (χ4v) is 4.68. The van der Waals surface area contributed by atoms with E-state index in [0.717, 1.165) is 11.3 Å². The van der Waals surface area contributed by atoms with Crippen molar-refractivity contribution in [1.82, 2.24) is 4.98 Å². The Labute approximate surface area is 202 Å². The van der Waals surface area contributed by atoms with Gasteiger partial charge in [0.25, 0.3) is 0 Å². The molecule has 0 aliphatic heterocycles. The second-order valence-electron chi connectivity index (χ2n) is 7.14. The molecular formula is C24H20Cl2N2O4S. The Kier molecular flexibility index (Phi) is 6.93. The molecule has 0 saturated carbocycles. The van der Waals surface area contributed by atoms with E-state index in [1.54, 1.807) is 31.4 Å². The molecule has 0 fully saturated rings. The lowest BCUT2D eigenvalue weighted by atomic mass is 10.1. The zero-order valence-electron chi connectivity index (χ0n) is 17.6. The first-order chi connectivity index (χ1) is 15.9. The lowest BCUT2D eigenvalue weighted by Gasteiger charge is -2.07. The average Bonchev–Trinajstić information content (AvgIpc) is 3.25. The number of nitrogens with one attached hydrogen (secondary N) is 1. The van der Waals surface area contributed by atoms with Gasteiger partial charge in [-0.2, -0.15) is 4.98 Å². The topological polar surface area (TPSA) is 81.4 Å². The van der Waals surface area contributed by atoms with E-state index < -0.39 is 9.84 Å². The number of methoxy groups -OCH3 is 1. The van der Waals surface area contributed by atoms with E-state index in [9.17, 15) is 8.42 Å². The predicted molar refractivity (Wildman–Crippen MR) is 129 cm³/mol. The van der Waals surface area contributed by atoms with E-state index in [1.807, 2.05) is 24.3 Å². The first-order valence-electron chi connectivity index (χ1n) is 10.0. The molecule has 0 aliphatic carbocycles. The summed E-state index contributed by atoms with van der Waals surface area (Å²) < 4.78 is 37.7. The SMILES string of the molecule is COc1ccc(CCNc2oc(-c3ccc(Cl)cc3)nc2S(=O)(=O)c2ccc(Cl)cc2)cc1. The molecule has 1 N–H and O–H groups in total. The third-order valence-corrected chi connectivity index (χ3v) is 7.11. The van der Waals surface area contributed by atoms with Crippen LogP contribution >= 0.6 is 23.2 Å². The van der Waals surface area contributed by atoms with E-state index in [-0.39, 0.29) is 21.7 Å². The quantitative estimate of drug-likeness (QED) is 0.311. The van der Waals surface area contributed by atoms with Gasteiger partial charge in [0.1, 0.15) is 5.75 Å². The summed E-state index contributed by atoms with van der Waals surface area (Å²) in [6.45, 7) is 0.435. The van der Waals surface area contributed by atoms with E-state index in [0.29, 0.717) is 28.6 Å². The number of halogens is 2. The van der Waals surface area contributed by atoms with Crippen molar-refractivity contribution < 1.29 is 17.6 Å². The summed E-state index contributed by atoms with van der Waals surface area (Å²) in [5.41, 5.74) is 1.66. The van der Waals surface area contributed by atoms with Gasteiger partial charge in [0.15, 0.2) is 0 Å². The maximum atomic E-state index is 13.3. The Balaban J connectivity index is 1.64. The van der Waals surface area contributed by atoms with Gasteiger partial charge in [0.05, 0.1) is 12.0 Å². The van der Waals surface area contributed by atoms with Crippen molar-refractivity contribution in [1.29, 1.82) is 0 Å². The zero-order chi connectivity index (χ0) is 23.4. The molecule has 6 nitrogen and oxygen atoms in total. The summed E-state index contributed by atoms with van der Waals surface area (Å²) >= 11 is 11.9. The normalized spacial score (nSPS) is 11.4. The third kappa shape index (κ3) is 5.33. The van der Waals surface area contributed by atoms with Crippen LogP contribution in [0, 0.1) is 0 Å². The van der Waals surface area contributed by atoms with Crippen molar-refractivity contribution in [2.45, 2.75) is 16.3 Å². The van der Waals surface area contributed by atoms with Gasteiger partial charge in [-0.1, -0.05) is 35.3 Å². The van der Waals surface area contributed by atoms with Gasteiger partial charge < -0.3 is 14.5 Å². The van der Waals surface area contributed by atoms with Crippen molar-refractivity contribution >= 4 is 38.9 Å². The van der Waals surface area contributed by atoms with Gasteiger partial charge in [-0.05, 0) is 72.6 Å². The number of anilines is 1. The van der Waals surface area contributed by atoms with Gasteiger partial charge in [-0.25, -0.2) is 8.42 Å². The van der Waals surface area contributed by atoms with Gasteiger partial charge >= 0.3 is 0 Å². The van der Waals surface area contributed by atoms with Crippen LogP contribution < -0.4 is 10.1 Å². The van der Waals surface area contributed by atoms with E-state index in [1.165, 1.54) is 24.3 Å². The number of hydrogen-bond acceptors (Lipinski definition) is 6. The zero-order valence-corrected chi connectivity index (χ0v) is 19.9. The monoisotopic (exact) mass is 502 g/mol. The predicted octanol–water partition coefficient (Wildman–Crippen LogP) is 6.14. The molecule has 0 atom stereocenters. The second kappa shape index (κ2) is 9.87. The van der Waals surface area contributed by atoms with Gasteiger partial charge in [0.2, 0.25) is 26.6 Å². The van der Waals surface area contributed by atoms with Crippen LogP contribution in [0.3, 0.4) is 0 Å². The van der Waals surface area contributed by atoms with Crippen molar-refractivity contribution in [2.75, 3.05) is 19.0 Å². The van der Waals surface area contributed by atoms with Crippen LogP contribution in [0.4, 0.5) is 5.88 Å². The summed E-state index contributed by atoms with van der Waals surface area (Å²) in [6.07, 6.45) is 0.640. The molecule has 0 spiro atoms. The van der Waals surface area contributed by atoms with Crippen molar-refractivity contribution in [3.63, 3.8) is 0 Å². The maximum Gasteiger partial charge on any atom is 0.233 e. The molecule has 0 radical (unpaired) electrons. The van der Waals surface area contributed by atoms with Crippen LogP contribution in [0.2, 0.25) is 10.0 Å². The first-order valence-corrected chi connectivity index (χ1v) is 12.2. The number of rotatable bonds is 8. The number of ether oxygens (including phenoxy) is 1. The van der Waals surface area contributed by atoms with Crippen LogP contribution in [0.25, 0.3) is 11.5 Å². The number of hydrogen-bond donors (Lipinski definition) is 1. The largest absolute Gasteiger partial charge is 0.497 e. The highest BCUT2D eigenvalue weighted by Gasteiger charge is 2.28. The van der Waals surface area contributed by atoms with Gasteiger partial charge in [0, 0.05) is 22.2 Å². The number of aromatic nitrogens is 1. The molecule has 1 aromatic heterocycles. The Morgan fingerprint density at radius 2 is 1.52 bits per heavy atom. The molecule has 0 unspecified atom stereocenters. The smallest absolute Gasteiger partial charge is 0.233 e. The molecule has 9 heteroatoms. The molecule has 170 valence electrons. The Bertz CT molecular complexity index is 1330. The Morgan fingerprint density at radius 3 is 2.12 bits per heavy atom. The summed E-state index contributed by atoms with van der Waals surface area (Å²) in [7, 11) is -2.34. The minimum Gasteiger partial charge on any atom is -0.497 e. The highest BCUT2D eigenvalue weighted by molar-refractivity contribution is 7.91. The van der Waals surface area contributed by atoms with Crippen LogP contribution in [0.15, 0.2) is 87.1 Å². The first kappa shape index (κ1) is 23.2. The molecule has 1 heterocycles. The third-order valence-electron chi connectivity index (χ3n) is 4.92. The second-order valence-corrected chi connectivity index (χ2v) is 9.88.